The van der Waals surface area contributed by atoms with Gasteiger partial charge in [-0.15, -0.1) is 0 Å². The molecule has 5 nitrogen and oxygen atoms in total. The minimum atomic E-state index is -3.49. The number of rotatable bonds is 14. The van der Waals surface area contributed by atoms with Gasteiger partial charge >= 0.3 is 0 Å². The van der Waals surface area contributed by atoms with Gasteiger partial charge in [0.15, 0.2) is 0 Å². The standard InChI is InChI=1S/C20H30F2N2O3S/c1-2-23-28(26,27)18-15-13-17(14-16-18)24-20(25)12-10-8-6-4-3-5-7-9-11-19(21)22/h11,13-16,23H,2-10,12H2,1H3,(H,24,25). The van der Waals surface area contributed by atoms with E-state index in [1.165, 1.54) is 12.1 Å². The van der Waals surface area contributed by atoms with Crippen LogP contribution in [-0.4, -0.2) is 20.9 Å². The van der Waals surface area contributed by atoms with Gasteiger partial charge in [-0.1, -0.05) is 39.0 Å². The number of nitrogens with one attached hydrogen (secondary N) is 2. The van der Waals surface area contributed by atoms with E-state index < -0.39 is 16.1 Å². The van der Waals surface area contributed by atoms with Crippen molar-refractivity contribution in [3.8, 4) is 0 Å². The Morgan fingerprint density at radius 1 is 0.964 bits per heavy atom. The van der Waals surface area contributed by atoms with Crippen LogP contribution in [0.15, 0.2) is 41.3 Å². The number of carbonyl (C=O) groups is 1. The number of hydrogen-bond donors (Lipinski definition) is 2. The molecule has 0 aliphatic carbocycles. The highest BCUT2D eigenvalue weighted by atomic mass is 32.2. The van der Waals surface area contributed by atoms with Gasteiger partial charge in [0.05, 0.1) is 4.90 Å². The van der Waals surface area contributed by atoms with Gasteiger partial charge in [-0.05, 0) is 49.6 Å². The Morgan fingerprint density at radius 2 is 1.54 bits per heavy atom. The van der Waals surface area contributed by atoms with E-state index in [4.69, 9.17) is 0 Å². The number of unbranched alkanes of at least 4 members (excludes halogenated alkanes) is 7. The van der Waals surface area contributed by atoms with E-state index in [2.05, 4.69) is 10.0 Å². The third-order valence-electron chi connectivity index (χ3n) is 4.19. The van der Waals surface area contributed by atoms with Crippen molar-refractivity contribution in [2.45, 2.75) is 69.6 Å². The van der Waals surface area contributed by atoms with E-state index in [0.717, 1.165) is 51.0 Å². The number of hydrogen-bond acceptors (Lipinski definition) is 3. The normalized spacial score (nSPS) is 11.2. The lowest BCUT2D eigenvalue weighted by Crippen LogP contribution is -2.23. The zero-order valence-electron chi connectivity index (χ0n) is 16.3. The van der Waals surface area contributed by atoms with E-state index in [1.54, 1.807) is 19.1 Å². The second-order valence-corrected chi connectivity index (χ2v) is 8.35. The van der Waals surface area contributed by atoms with Gasteiger partial charge in [-0.25, -0.2) is 13.1 Å². The van der Waals surface area contributed by atoms with Crippen molar-refractivity contribution in [1.82, 2.24) is 4.72 Å². The number of allylic oxidation sites excluding steroid dienone is 1. The quantitative estimate of drug-likeness (QED) is 0.409. The van der Waals surface area contributed by atoms with Gasteiger partial charge in [0, 0.05) is 18.7 Å². The maximum absolute atomic E-state index is 12.0. The van der Waals surface area contributed by atoms with Crippen LogP contribution < -0.4 is 10.0 Å². The van der Waals surface area contributed by atoms with E-state index in [1.807, 2.05) is 0 Å². The molecular weight excluding hydrogens is 386 g/mol. The Kier molecular flexibility index (Phi) is 11.6. The molecule has 0 unspecified atom stereocenters. The van der Waals surface area contributed by atoms with E-state index >= 15 is 0 Å². The van der Waals surface area contributed by atoms with Crippen LogP contribution in [0, 0.1) is 0 Å². The summed E-state index contributed by atoms with van der Waals surface area (Å²) in [6.07, 6.45) is 6.78. The third-order valence-corrected chi connectivity index (χ3v) is 5.75. The van der Waals surface area contributed by atoms with E-state index in [-0.39, 0.29) is 10.8 Å². The first kappa shape index (κ1) is 24.2. The Bertz CT molecular complexity index is 715. The molecule has 0 aromatic heterocycles. The number of halogens is 2. The van der Waals surface area contributed by atoms with Crippen LogP contribution in [0.2, 0.25) is 0 Å². The molecule has 158 valence electrons. The second kappa shape index (κ2) is 13.4. The lowest BCUT2D eigenvalue weighted by Gasteiger charge is -2.08. The predicted octanol–water partition coefficient (Wildman–Crippen LogP) is 5.21. The summed E-state index contributed by atoms with van der Waals surface area (Å²) in [6.45, 7) is 2.03. The van der Waals surface area contributed by atoms with Crippen LogP contribution in [0.4, 0.5) is 14.5 Å². The largest absolute Gasteiger partial charge is 0.326 e. The first-order valence-electron chi connectivity index (χ1n) is 9.76. The van der Waals surface area contributed by atoms with Crippen molar-refractivity contribution in [3.05, 3.63) is 36.4 Å². The fourth-order valence-electron chi connectivity index (χ4n) is 2.74. The first-order chi connectivity index (χ1) is 13.3. The minimum absolute atomic E-state index is 0.0951. The maximum atomic E-state index is 12.0. The van der Waals surface area contributed by atoms with Gasteiger partial charge in [-0.2, -0.15) is 8.78 Å². The molecule has 0 aliphatic rings. The molecule has 2 N–H and O–H groups in total. The van der Waals surface area contributed by atoms with Crippen molar-refractivity contribution in [3.63, 3.8) is 0 Å². The van der Waals surface area contributed by atoms with Crippen LogP contribution >= 0.6 is 0 Å². The van der Waals surface area contributed by atoms with Crippen molar-refractivity contribution in [2.24, 2.45) is 0 Å². The van der Waals surface area contributed by atoms with Crippen molar-refractivity contribution < 1.29 is 22.0 Å². The average Bonchev–Trinajstić information content (AvgIpc) is 2.63. The van der Waals surface area contributed by atoms with Gasteiger partial charge in [0.2, 0.25) is 15.9 Å². The molecule has 0 saturated heterocycles. The van der Waals surface area contributed by atoms with E-state index in [9.17, 15) is 22.0 Å². The highest BCUT2D eigenvalue weighted by Crippen LogP contribution is 2.15. The van der Waals surface area contributed by atoms with Crippen molar-refractivity contribution >= 4 is 21.6 Å². The van der Waals surface area contributed by atoms with Crippen LogP contribution in [0.3, 0.4) is 0 Å². The van der Waals surface area contributed by atoms with Crippen LogP contribution in [0.5, 0.6) is 0 Å². The number of benzene rings is 1. The summed E-state index contributed by atoms with van der Waals surface area (Å²) in [7, 11) is -3.49. The predicted molar refractivity (Wildman–Crippen MR) is 108 cm³/mol. The summed E-state index contributed by atoms with van der Waals surface area (Å²) in [4.78, 5) is 12.1. The first-order valence-corrected chi connectivity index (χ1v) is 11.2. The maximum Gasteiger partial charge on any atom is 0.266 e. The van der Waals surface area contributed by atoms with E-state index in [0.29, 0.717) is 25.1 Å². The lowest BCUT2D eigenvalue weighted by molar-refractivity contribution is -0.116. The molecule has 0 fully saturated rings. The minimum Gasteiger partial charge on any atom is -0.326 e. The van der Waals surface area contributed by atoms with Crippen LogP contribution in [0.25, 0.3) is 0 Å². The molecule has 1 aromatic rings. The molecule has 0 spiro atoms. The number of amides is 1. The molecule has 0 radical (unpaired) electrons. The Morgan fingerprint density at radius 3 is 2.11 bits per heavy atom. The smallest absolute Gasteiger partial charge is 0.266 e. The second-order valence-electron chi connectivity index (χ2n) is 6.58. The molecular formula is C20H30F2N2O3S. The van der Waals surface area contributed by atoms with Gasteiger partial charge < -0.3 is 5.32 Å². The molecule has 1 aromatic carbocycles. The topological polar surface area (TPSA) is 75.3 Å². The summed E-state index contributed by atoms with van der Waals surface area (Å²) in [6, 6.07) is 6.08. The summed E-state index contributed by atoms with van der Waals surface area (Å²) in [5.41, 5.74) is 0.569. The highest BCUT2D eigenvalue weighted by Gasteiger charge is 2.12. The molecule has 1 amide bonds. The van der Waals surface area contributed by atoms with Crippen LogP contribution in [0.1, 0.15) is 64.7 Å². The van der Waals surface area contributed by atoms with Crippen molar-refractivity contribution in [2.75, 3.05) is 11.9 Å². The van der Waals surface area contributed by atoms with Crippen molar-refractivity contribution in [1.29, 1.82) is 0 Å². The fourth-order valence-corrected chi connectivity index (χ4v) is 3.78. The number of sulfonamides is 1. The fraction of sp³-hybridized carbons (Fsp3) is 0.550. The Hall–Kier alpha value is -1.80. The monoisotopic (exact) mass is 416 g/mol. The van der Waals surface area contributed by atoms with Crippen LogP contribution in [-0.2, 0) is 14.8 Å². The Balaban J connectivity index is 2.16. The lowest BCUT2D eigenvalue weighted by atomic mass is 10.1. The van der Waals surface area contributed by atoms with Gasteiger partial charge in [-0.3, -0.25) is 4.79 Å². The zero-order chi connectivity index (χ0) is 20.8. The van der Waals surface area contributed by atoms with Gasteiger partial charge in [0.25, 0.3) is 6.08 Å². The molecule has 0 aliphatic heterocycles. The Labute approximate surface area is 166 Å². The molecule has 1 rings (SSSR count). The summed E-state index contributed by atoms with van der Waals surface area (Å²) >= 11 is 0. The SMILES string of the molecule is CCNS(=O)(=O)c1ccc(NC(=O)CCCCCCCCCC=C(F)F)cc1. The summed E-state index contributed by atoms with van der Waals surface area (Å²) < 4.78 is 49.8. The molecule has 0 saturated carbocycles. The highest BCUT2D eigenvalue weighted by molar-refractivity contribution is 7.89. The number of carbonyl (C=O) groups excluding carboxylic acids is 1. The molecule has 28 heavy (non-hydrogen) atoms. The summed E-state index contributed by atoms with van der Waals surface area (Å²) in [5.74, 6) is -0.0951. The average molecular weight is 417 g/mol. The molecule has 0 atom stereocenters. The molecule has 0 bridgehead atoms. The number of anilines is 1. The molecule has 8 heteroatoms. The summed E-state index contributed by atoms with van der Waals surface area (Å²) in [5, 5.41) is 2.77. The third kappa shape index (κ3) is 10.5. The zero-order valence-corrected chi connectivity index (χ0v) is 17.2. The van der Waals surface area contributed by atoms with Gasteiger partial charge in [0.1, 0.15) is 0 Å². The molecule has 0 heterocycles.